The zero-order valence-corrected chi connectivity index (χ0v) is 14.4. The van der Waals surface area contributed by atoms with Crippen LogP contribution < -0.4 is 5.32 Å². The lowest BCUT2D eigenvalue weighted by Gasteiger charge is -2.22. The Labute approximate surface area is 150 Å². The second kappa shape index (κ2) is 8.34. The molecule has 1 aromatic heterocycles. The summed E-state index contributed by atoms with van der Waals surface area (Å²) in [6, 6.07) is 5.06. The number of pyridine rings is 1. The highest BCUT2D eigenvalue weighted by Crippen LogP contribution is 2.29. The molecule has 1 aromatic carbocycles. The lowest BCUT2D eigenvalue weighted by molar-refractivity contribution is 0.0930. The number of nitrogens with one attached hydrogen (secondary N) is 1. The van der Waals surface area contributed by atoms with E-state index in [9.17, 15) is 18.0 Å². The Morgan fingerprint density at radius 3 is 2.35 bits per heavy atom. The van der Waals surface area contributed by atoms with Gasteiger partial charge < -0.3 is 5.32 Å². The van der Waals surface area contributed by atoms with Gasteiger partial charge in [-0.25, -0.2) is 13.2 Å². The molecule has 26 heavy (non-hydrogen) atoms. The molecule has 0 bridgehead atoms. The number of rotatable bonds is 6. The summed E-state index contributed by atoms with van der Waals surface area (Å²) < 4.78 is 39.9. The molecule has 2 aromatic rings. The average Bonchev–Trinajstić information content (AvgIpc) is 3.13. The van der Waals surface area contributed by atoms with Gasteiger partial charge in [-0.1, -0.05) is 25.7 Å². The Bertz CT molecular complexity index is 738. The first-order valence-electron chi connectivity index (χ1n) is 8.87. The summed E-state index contributed by atoms with van der Waals surface area (Å²) in [5.74, 6) is -4.36. The number of aromatic nitrogens is 1. The van der Waals surface area contributed by atoms with Gasteiger partial charge in [0.25, 0.3) is 5.91 Å². The van der Waals surface area contributed by atoms with Crippen LogP contribution in [-0.4, -0.2) is 16.9 Å². The van der Waals surface area contributed by atoms with Gasteiger partial charge in [0.2, 0.25) is 0 Å². The van der Waals surface area contributed by atoms with E-state index in [0.717, 1.165) is 37.0 Å². The zero-order valence-electron chi connectivity index (χ0n) is 14.4. The number of halogens is 3. The maximum atomic E-state index is 13.4. The van der Waals surface area contributed by atoms with E-state index >= 15 is 0 Å². The molecule has 0 aliphatic heterocycles. The first-order valence-corrected chi connectivity index (χ1v) is 8.87. The minimum Gasteiger partial charge on any atom is -0.349 e. The highest BCUT2D eigenvalue weighted by molar-refractivity contribution is 5.94. The molecule has 1 aliphatic rings. The van der Waals surface area contributed by atoms with Gasteiger partial charge in [0.1, 0.15) is 0 Å². The molecule has 3 rings (SSSR count). The fourth-order valence-electron chi connectivity index (χ4n) is 3.60. The predicted molar refractivity (Wildman–Crippen MR) is 92.1 cm³/mol. The lowest BCUT2D eigenvalue weighted by atomic mass is 9.94. The minimum atomic E-state index is -1.57. The van der Waals surface area contributed by atoms with E-state index in [-0.39, 0.29) is 11.6 Å². The first-order chi connectivity index (χ1) is 12.5. The summed E-state index contributed by atoms with van der Waals surface area (Å²) in [5.41, 5.74) is 0.812. The second-order valence-corrected chi connectivity index (χ2v) is 6.87. The molecule has 6 heteroatoms. The number of carbonyl (C=O) groups excluding carboxylic acids is 1. The SMILES string of the molecule is O=C(N[C@@H](Cc1ccncc1)CC1CCCC1)c1cc(F)c(F)c(F)c1. The van der Waals surface area contributed by atoms with Crippen molar-refractivity contribution in [1.29, 1.82) is 0 Å². The number of carbonyl (C=O) groups is 1. The van der Waals surface area contributed by atoms with Crippen molar-refractivity contribution in [1.82, 2.24) is 10.3 Å². The van der Waals surface area contributed by atoms with E-state index < -0.39 is 23.4 Å². The quantitative estimate of drug-likeness (QED) is 0.773. The van der Waals surface area contributed by atoms with Crippen LogP contribution in [0.3, 0.4) is 0 Å². The molecule has 1 saturated carbocycles. The Kier molecular flexibility index (Phi) is 5.91. The average molecular weight is 362 g/mol. The molecule has 1 aliphatic carbocycles. The van der Waals surface area contributed by atoms with E-state index in [4.69, 9.17) is 0 Å². The number of hydrogen-bond donors (Lipinski definition) is 1. The van der Waals surface area contributed by atoms with Gasteiger partial charge in [0.15, 0.2) is 17.5 Å². The molecule has 1 atom stereocenters. The van der Waals surface area contributed by atoms with Crippen LogP contribution in [0.5, 0.6) is 0 Å². The molecule has 1 heterocycles. The Balaban J connectivity index is 1.74. The van der Waals surface area contributed by atoms with Crippen LogP contribution in [0.25, 0.3) is 0 Å². The molecule has 3 nitrogen and oxygen atoms in total. The summed E-state index contributed by atoms with van der Waals surface area (Å²) in [7, 11) is 0. The molecule has 0 spiro atoms. The topological polar surface area (TPSA) is 42.0 Å². The summed E-state index contributed by atoms with van der Waals surface area (Å²) >= 11 is 0. The molecular weight excluding hydrogens is 341 g/mol. The third-order valence-corrected chi connectivity index (χ3v) is 4.91. The molecule has 1 N–H and O–H groups in total. The minimum absolute atomic E-state index is 0.163. The van der Waals surface area contributed by atoms with E-state index in [1.54, 1.807) is 12.4 Å². The number of amides is 1. The van der Waals surface area contributed by atoms with Crippen molar-refractivity contribution in [3.63, 3.8) is 0 Å². The second-order valence-electron chi connectivity index (χ2n) is 6.87. The molecule has 138 valence electrons. The monoisotopic (exact) mass is 362 g/mol. The third kappa shape index (κ3) is 4.62. The highest BCUT2D eigenvalue weighted by atomic mass is 19.2. The van der Waals surface area contributed by atoms with Crippen molar-refractivity contribution in [2.24, 2.45) is 5.92 Å². The van der Waals surface area contributed by atoms with E-state index in [0.29, 0.717) is 12.3 Å². The van der Waals surface area contributed by atoms with Crippen molar-refractivity contribution < 1.29 is 18.0 Å². The van der Waals surface area contributed by atoms with Crippen molar-refractivity contribution in [3.05, 3.63) is 65.2 Å². The third-order valence-electron chi connectivity index (χ3n) is 4.91. The standard InChI is InChI=1S/C20H21F3N2O/c21-17-11-15(12-18(22)19(17)23)20(26)25-16(9-13-3-1-2-4-13)10-14-5-7-24-8-6-14/h5-8,11-13,16H,1-4,9-10H2,(H,25,26)/t16-/m1/s1. The summed E-state index contributed by atoms with van der Waals surface area (Å²) in [6.45, 7) is 0. The largest absolute Gasteiger partial charge is 0.349 e. The number of hydrogen-bond acceptors (Lipinski definition) is 2. The van der Waals surface area contributed by atoms with Gasteiger partial charge in [0.05, 0.1) is 0 Å². The van der Waals surface area contributed by atoms with Gasteiger partial charge in [-0.3, -0.25) is 9.78 Å². The highest BCUT2D eigenvalue weighted by Gasteiger charge is 2.23. The first kappa shape index (κ1) is 18.4. The summed E-state index contributed by atoms with van der Waals surface area (Å²) in [6.07, 6.45) is 9.43. The summed E-state index contributed by atoms with van der Waals surface area (Å²) in [5, 5.41) is 2.87. The van der Waals surface area contributed by atoms with E-state index in [1.165, 1.54) is 12.8 Å². The van der Waals surface area contributed by atoms with Gasteiger partial charge >= 0.3 is 0 Å². The molecule has 0 radical (unpaired) electrons. The fourth-order valence-corrected chi connectivity index (χ4v) is 3.60. The maximum absolute atomic E-state index is 13.4. The van der Waals surface area contributed by atoms with Crippen molar-refractivity contribution >= 4 is 5.91 Å². The number of nitrogens with zero attached hydrogens (tertiary/aromatic N) is 1. The van der Waals surface area contributed by atoms with Gasteiger partial charge in [-0.15, -0.1) is 0 Å². The fraction of sp³-hybridized carbons (Fsp3) is 0.400. The van der Waals surface area contributed by atoms with Crippen molar-refractivity contribution in [2.75, 3.05) is 0 Å². The molecule has 1 fully saturated rings. The van der Waals surface area contributed by atoms with Gasteiger partial charge in [0, 0.05) is 24.0 Å². The Morgan fingerprint density at radius 1 is 1.12 bits per heavy atom. The summed E-state index contributed by atoms with van der Waals surface area (Å²) in [4.78, 5) is 16.4. The zero-order chi connectivity index (χ0) is 18.5. The van der Waals surface area contributed by atoms with Crippen LogP contribution in [0.15, 0.2) is 36.7 Å². The molecule has 1 amide bonds. The molecule has 0 saturated heterocycles. The van der Waals surface area contributed by atoms with Crippen LogP contribution in [0.1, 0.15) is 48.0 Å². The Hall–Kier alpha value is -2.37. The van der Waals surface area contributed by atoms with Crippen LogP contribution in [0.4, 0.5) is 13.2 Å². The number of benzene rings is 1. The maximum Gasteiger partial charge on any atom is 0.251 e. The van der Waals surface area contributed by atoms with Crippen LogP contribution >= 0.6 is 0 Å². The normalized spacial score (nSPS) is 15.8. The van der Waals surface area contributed by atoms with Crippen molar-refractivity contribution in [3.8, 4) is 0 Å². The lowest BCUT2D eigenvalue weighted by Crippen LogP contribution is -2.38. The van der Waals surface area contributed by atoms with Crippen molar-refractivity contribution in [2.45, 2.75) is 44.6 Å². The predicted octanol–water partition coefficient (Wildman–Crippen LogP) is 4.42. The van der Waals surface area contributed by atoms with Gasteiger partial charge in [-0.2, -0.15) is 0 Å². The van der Waals surface area contributed by atoms with Crippen LogP contribution in [-0.2, 0) is 6.42 Å². The molecular formula is C20H21F3N2O. The Morgan fingerprint density at radius 2 is 1.73 bits per heavy atom. The van der Waals surface area contributed by atoms with E-state index in [2.05, 4.69) is 10.3 Å². The smallest absolute Gasteiger partial charge is 0.251 e. The van der Waals surface area contributed by atoms with E-state index in [1.807, 2.05) is 12.1 Å². The van der Waals surface area contributed by atoms with Crippen LogP contribution in [0, 0.1) is 23.4 Å². The van der Waals surface area contributed by atoms with Crippen LogP contribution in [0.2, 0.25) is 0 Å². The van der Waals surface area contributed by atoms with Gasteiger partial charge in [-0.05, 0) is 48.6 Å². The molecule has 0 unspecified atom stereocenters.